The van der Waals surface area contributed by atoms with Gasteiger partial charge in [-0.2, -0.15) is 4.98 Å². The zero-order valence-corrected chi connectivity index (χ0v) is 14.0. The van der Waals surface area contributed by atoms with E-state index in [2.05, 4.69) is 15.1 Å². The van der Waals surface area contributed by atoms with Crippen LogP contribution in [0.1, 0.15) is 16.6 Å². The molecule has 8 heteroatoms. The van der Waals surface area contributed by atoms with Crippen molar-refractivity contribution in [3.63, 3.8) is 0 Å². The van der Waals surface area contributed by atoms with Crippen molar-refractivity contribution in [1.82, 2.24) is 15.1 Å². The second kappa shape index (κ2) is 7.22. The number of aryl methyl sites for hydroxylation is 1. The molecule has 0 saturated carbocycles. The summed E-state index contributed by atoms with van der Waals surface area (Å²) >= 11 is 1.50. The van der Waals surface area contributed by atoms with Gasteiger partial charge in [-0.05, 0) is 31.2 Å². The van der Waals surface area contributed by atoms with Crippen molar-refractivity contribution in [2.75, 3.05) is 7.11 Å². The van der Waals surface area contributed by atoms with Gasteiger partial charge in [0.2, 0.25) is 5.82 Å². The fraction of sp³-hybridized carbons (Fsp3) is 0.250. The molecular weight excluding hydrogens is 330 g/mol. The number of carbonyl (C=O) groups is 1. The first kappa shape index (κ1) is 16.1. The van der Waals surface area contributed by atoms with Crippen molar-refractivity contribution >= 4 is 17.3 Å². The predicted molar refractivity (Wildman–Crippen MR) is 86.6 cm³/mol. The second-order valence-corrected chi connectivity index (χ2v) is 6.00. The summed E-state index contributed by atoms with van der Waals surface area (Å²) < 4.78 is 15.3. The summed E-state index contributed by atoms with van der Waals surface area (Å²) in [5, 5.41) is 6.63. The van der Waals surface area contributed by atoms with E-state index in [1.807, 2.05) is 24.4 Å². The lowest BCUT2D eigenvalue weighted by Gasteiger charge is -2.00. The third-order valence-electron chi connectivity index (χ3n) is 3.16. The van der Waals surface area contributed by atoms with Gasteiger partial charge in [0.15, 0.2) is 6.61 Å². The molecule has 0 aliphatic rings. The summed E-state index contributed by atoms with van der Waals surface area (Å²) in [6.07, 6.45) is 0.129. The van der Waals surface area contributed by atoms with Crippen LogP contribution < -0.4 is 4.74 Å². The van der Waals surface area contributed by atoms with Gasteiger partial charge in [-0.25, -0.2) is 4.98 Å². The number of benzene rings is 1. The minimum atomic E-state index is -0.385. The van der Waals surface area contributed by atoms with E-state index < -0.39 is 0 Å². The zero-order chi connectivity index (χ0) is 16.9. The Hall–Kier alpha value is -2.74. The predicted octanol–water partition coefficient (Wildman–Crippen LogP) is 2.80. The van der Waals surface area contributed by atoms with Crippen LogP contribution >= 0.6 is 11.3 Å². The zero-order valence-electron chi connectivity index (χ0n) is 13.2. The fourth-order valence-electron chi connectivity index (χ4n) is 2.00. The van der Waals surface area contributed by atoms with Crippen molar-refractivity contribution in [2.24, 2.45) is 0 Å². The molecule has 0 radical (unpaired) electrons. The van der Waals surface area contributed by atoms with Gasteiger partial charge >= 0.3 is 5.97 Å². The molecule has 0 amide bonds. The Morgan fingerprint density at radius 2 is 2.04 bits per heavy atom. The Labute approximate surface area is 142 Å². The molecule has 0 aliphatic heterocycles. The number of nitrogens with zero attached hydrogens (tertiary/aromatic N) is 3. The van der Waals surface area contributed by atoms with Gasteiger partial charge in [-0.15, -0.1) is 11.3 Å². The van der Waals surface area contributed by atoms with Crippen molar-refractivity contribution in [1.29, 1.82) is 0 Å². The van der Waals surface area contributed by atoms with Gasteiger partial charge in [-0.1, -0.05) is 5.16 Å². The van der Waals surface area contributed by atoms with E-state index in [0.717, 1.165) is 16.3 Å². The number of rotatable bonds is 6. The van der Waals surface area contributed by atoms with E-state index in [9.17, 15) is 4.79 Å². The van der Waals surface area contributed by atoms with E-state index in [4.69, 9.17) is 14.0 Å². The Morgan fingerprint density at radius 3 is 2.71 bits per heavy atom. The van der Waals surface area contributed by atoms with E-state index in [0.29, 0.717) is 11.5 Å². The van der Waals surface area contributed by atoms with Crippen LogP contribution in [0.5, 0.6) is 5.75 Å². The molecule has 0 unspecified atom stereocenters. The number of methoxy groups -OCH3 is 1. The number of aromatic nitrogens is 3. The molecule has 0 bridgehead atoms. The fourth-order valence-corrected chi connectivity index (χ4v) is 2.61. The van der Waals surface area contributed by atoms with Crippen molar-refractivity contribution in [2.45, 2.75) is 20.0 Å². The normalized spacial score (nSPS) is 10.6. The summed E-state index contributed by atoms with van der Waals surface area (Å²) in [5.41, 5.74) is 1.49. The van der Waals surface area contributed by atoms with Crippen LogP contribution in [0.3, 0.4) is 0 Å². The Balaban J connectivity index is 1.56. The van der Waals surface area contributed by atoms with E-state index in [1.165, 1.54) is 11.3 Å². The number of hydrogen-bond acceptors (Lipinski definition) is 8. The van der Waals surface area contributed by atoms with Gasteiger partial charge in [0, 0.05) is 10.9 Å². The Bertz CT molecular complexity index is 826. The average molecular weight is 345 g/mol. The Morgan fingerprint density at radius 1 is 1.25 bits per heavy atom. The molecule has 7 nitrogen and oxygen atoms in total. The highest BCUT2D eigenvalue weighted by molar-refractivity contribution is 7.09. The lowest BCUT2D eigenvalue weighted by molar-refractivity contribution is -0.144. The first-order valence-electron chi connectivity index (χ1n) is 7.17. The standard InChI is InChI=1S/C16H15N3O4S/c1-10-17-12(9-24-10)7-15(20)22-8-14-18-16(19-23-14)11-3-5-13(21-2)6-4-11/h3-6,9H,7-8H2,1-2H3. The summed E-state index contributed by atoms with van der Waals surface area (Å²) in [6, 6.07) is 7.26. The van der Waals surface area contributed by atoms with Crippen molar-refractivity contribution in [3.8, 4) is 17.1 Å². The summed E-state index contributed by atoms with van der Waals surface area (Å²) in [4.78, 5) is 20.2. The maximum absolute atomic E-state index is 11.8. The Kier molecular flexibility index (Phi) is 4.85. The maximum atomic E-state index is 11.8. The molecule has 124 valence electrons. The SMILES string of the molecule is COc1ccc(-c2noc(COC(=O)Cc3csc(C)n3)n2)cc1. The summed E-state index contributed by atoms with van der Waals surface area (Å²) in [7, 11) is 1.60. The van der Waals surface area contributed by atoms with E-state index in [-0.39, 0.29) is 24.9 Å². The molecule has 2 heterocycles. The molecule has 0 aliphatic carbocycles. The number of ether oxygens (including phenoxy) is 2. The lowest BCUT2D eigenvalue weighted by atomic mass is 10.2. The molecule has 3 rings (SSSR count). The summed E-state index contributed by atoms with van der Waals surface area (Å²) in [6.45, 7) is 1.82. The van der Waals surface area contributed by atoms with Crippen LogP contribution in [-0.2, 0) is 22.6 Å². The minimum Gasteiger partial charge on any atom is -0.497 e. The number of thiazole rings is 1. The quantitative estimate of drug-likeness (QED) is 0.635. The number of hydrogen-bond donors (Lipinski definition) is 0. The van der Waals surface area contributed by atoms with Gasteiger partial charge < -0.3 is 14.0 Å². The molecule has 0 fully saturated rings. The van der Waals surface area contributed by atoms with Gasteiger partial charge in [-0.3, -0.25) is 4.79 Å². The molecule has 0 spiro atoms. The molecule has 2 aromatic heterocycles. The van der Waals surface area contributed by atoms with Crippen LogP contribution in [0, 0.1) is 6.92 Å². The highest BCUT2D eigenvalue weighted by Gasteiger charge is 2.12. The largest absolute Gasteiger partial charge is 0.497 e. The average Bonchev–Trinajstić information content (AvgIpc) is 3.22. The molecule has 3 aromatic rings. The van der Waals surface area contributed by atoms with Crippen LogP contribution in [0.15, 0.2) is 34.2 Å². The number of esters is 1. The monoisotopic (exact) mass is 345 g/mol. The van der Waals surface area contributed by atoms with Gasteiger partial charge in [0.25, 0.3) is 5.89 Å². The molecule has 1 aromatic carbocycles. The van der Waals surface area contributed by atoms with E-state index >= 15 is 0 Å². The van der Waals surface area contributed by atoms with E-state index in [1.54, 1.807) is 19.2 Å². The number of carbonyl (C=O) groups excluding carboxylic acids is 1. The molecule has 0 atom stereocenters. The van der Waals surface area contributed by atoms with Crippen molar-refractivity contribution < 1.29 is 18.8 Å². The van der Waals surface area contributed by atoms with Crippen LogP contribution in [0.4, 0.5) is 0 Å². The minimum absolute atomic E-state index is 0.0644. The molecule has 0 saturated heterocycles. The summed E-state index contributed by atoms with van der Waals surface area (Å²) in [5.74, 6) is 1.03. The van der Waals surface area contributed by atoms with Gasteiger partial charge in [0.1, 0.15) is 5.75 Å². The third-order valence-corrected chi connectivity index (χ3v) is 3.99. The highest BCUT2D eigenvalue weighted by Crippen LogP contribution is 2.20. The van der Waals surface area contributed by atoms with Crippen molar-refractivity contribution in [3.05, 3.63) is 46.2 Å². The molecule has 24 heavy (non-hydrogen) atoms. The molecule has 0 N–H and O–H groups in total. The first-order chi connectivity index (χ1) is 11.6. The topological polar surface area (TPSA) is 87.3 Å². The maximum Gasteiger partial charge on any atom is 0.312 e. The van der Waals surface area contributed by atoms with Gasteiger partial charge in [0.05, 0.1) is 24.2 Å². The lowest BCUT2D eigenvalue weighted by Crippen LogP contribution is -2.08. The second-order valence-electron chi connectivity index (χ2n) is 4.94. The van der Waals surface area contributed by atoms with Crippen LogP contribution in [0.2, 0.25) is 0 Å². The smallest absolute Gasteiger partial charge is 0.312 e. The highest BCUT2D eigenvalue weighted by atomic mass is 32.1. The van der Waals surface area contributed by atoms with Crippen LogP contribution in [-0.4, -0.2) is 28.2 Å². The third kappa shape index (κ3) is 3.96. The molecular formula is C16H15N3O4S. The van der Waals surface area contributed by atoms with Crippen LogP contribution in [0.25, 0.3) is 11.4 Å². The first-order valence-corrected chi connectivity index (χ1v) is 8.05.